The van der Waals surface area contributed by atoms with Crippen molar-refractivity contribution in [1.82, 2.24) is 24.9 Å². The van der Waals surface area contributed by atoms with Crippen LogP contribution in [0, 0.1) is 6.92 Å². The van der Waals surface area contributed by atoms with Crippen LogP contribution in [0.15, 0.2) is 65.3 Å². The summed E-state index contributed by atoms with van der Waals surface area (Å²) in [5, 5.41) is 17.4. The number of rotatable bonds is 7. The summed E-state index contributed by atoms with van der Waals surface area (Å²) >= 11 is 0. The second-order valence-corrected chi connectivity index (χ2v) is 7.41. The van der Waals surface area contributed by atoms with E-state index in [1.807, 2.05) is 42.6 Å². The standard InChI is InChI=1S/C23H21N5O4/c1-15-10-17(19-14-28(26-25-19)12-16-6-4-3-5-7-16)11-24-21(15)22(29)27(2)13-18-8-9-20(32-18)23(30)31/h3-11,14H,12-13H2,1-2H3,(H,30,31). The van der Waals surface area contributed by atoms with Gasteiger partial charge in [-0.2, -0.15) is 0 Å². The maximum atomic E-state index is 12.8. The molecule has 4 aromatic rings. The third-order valence-corrected chi connectivity index (χ3v) is 4.91. The van der Waals surface area contributed by atoms with Crippen molar-refractivity contribution in [2.75, 3.05) is 7.05 Å². The lowest BCUT2D eigenvalue weighted by Gasteiger charge is -2.16. The minimum atomic E-state index is -1.15. The van der Waals surface area contributed by atoms with E-state index in [1.54, 1.807) is 24.9 Å². The molecular weight excluding hydrogens is 410 g/mol. The van der Waals surface area contributed by atoms with Crippen LogP contribution < -0.4 is 0 Å². The molecule has 0 fully saturated rings. The number of aromatic carboxylic acids is 1. The summed E-state index contributed by atoms with van der Waals surface area (Å²) in [5.74, 6) is -1.24. The third-order valence-electron chi connectivity index (χ3n) is 4.91. The van der Waals surface area contributed by atoms with E-state index in [0.717, 1.165) is 11.1 Å². The molecule has 3 aromatic heterocycles. The third kappa shape index (κ3) is 4.56. The number of pyridine rings is 1. The Labute approximate surface area is 183 Å². The minimum absolute atomic E-state index is 0.128. The normalized spacial score (nSPS) is 10.8. The Morgan fingerprint density at radius 3 is 2.62 bits per heavy atom. The highest BCUT2D eigenvalue weighted by Gasteiger charge is 2.19. The van der Waals surface area contributed by atoms with Gasteiger partial charge in [0.25, 0.3) is 5.91 Å². The zero-order chi connectivity index (χ0) is 22.7. The number of carbonyl (C=O) groups excluding carboxylic acids is 1. The van der Waals surface area contributed by atoms with Gasteiger partial charge in [-0.15, -0.1) is 5.10 Å². The maximum Gasteiger partial charge on any atom is 0.371 e. The van der Waals surface area contributed by atoms with Gasteiger partial charge < -0.3 is 14.4 Å². The highest BCUT2D eigenvalue weighted by atomic mass is 16.4. The van der Waals surface area contributed by atoms with Crippen molar-refractivity contribution in [3.8, 4) is 11.3 Å². The van der Waals surface area contributed by atoms with Gasteiger partial charge in [0.1, 0.15) is 17.1 Å². The van der Waals surface area contributed by atoms with E-state index in [1.165, 1.54) is 17.0 Å². The highest BCUT2D eigenvalue weighted by molar-refractivity contribution is 5.93. The first-order valence-corrected chi connectivity index (χ1v) is 9.89. The quantitative estimate of drug-likeness (QED) is 0.478. The van der Waals surface area contributed by atoms with E-state index in [0.29, 0.717) is 29.3 Å². The number of nitrogens with zero attached hydrogens (tertiary/aromatic N) is 5. The van der Waals surface area contributed by atoms with Crippen LogP contribution in [0.25, 0.3) is 11.3 Å². The average molecular weight is 431 g/mol. The van der Waals surface area contributed by atoms with E-state index in [9.17, 15) is 9.59 Å². The van der Waals surface area contributed by atoms with Gasteiger partial charge in [0.15, 0.2) is 0 Å². The van der Waals surface area contributed by atoms with Crippen LogP contribution in [0.4, 0.5) is 0 Å². The largest absolute Gasteiger partial charge is 0.475 e. The summed E-state index contributed by atoms with van der Waals surface area (Å²) in [6, 6.07) is 14.7. The van der Waals surface area contributed by atoms with Crippen LogP contribution in [0.5, 0.6) is 0 Å². The molecule has 0 aliphatic heterocycles. The number of hydrogen-bond donors (Lipinski definition) is 1. The zero-order valence-electron chi connectivity index (χ0n) is 17.6. The SMILES string of the molecule is Cc1cc(-c2cn(Cc3ccccc3)nn2)cnc1C(=O)N(C)Cc1ccc(C(=O)O)o1. The van der Waals surface area contributed by atoms with E-state index in [2.05, 4.69) is 15.3 Å². The van der Waals surface area contributed by atoms with Gasteiger partial charge in [0.05, 0.1) is 19.3 Å². The summed E-state index contributed by atoms with van der Waals surface area (Å²) in [4.78, 5) is 29.6. The Kier molecular flexibility index (Phi) is 5.80. The summed E-state index contributed by atoms with van der Waals surface area (Å²) < 4.78 is 6.97. The summed E-state index contributed by atoms with van der Waals surface area (Å²) in [6.45, 7) is 2.54. The predicted octanol–water partition coefficient (Wildman–Crippen LogP) is 3.26. The molecular formula is C23H21N5O4. The summed E-state index contributed by atoms with van der Waals surface area (Å²) in [5.41, 5.74) is 3.55. The smallest absolute Gasteiger partial charge is 0.371 e. The Morgan fingerprint density at radius 1 is 1.16 bits per heavy atom. The lowest BCUT2D eigenvalue weighted by atomic mass is 10.1. The number of amides is 1. The second kappa shape index (κ2) is 8.84. The van der Waals surface area contributed by atoms with Gasteiger partial charge in [-0.3, -0.25) is 9.78 Å². The number of furan rings is 1. The summed E-state index contributed by atoms with van der Waals surface area (Å²) in [6.07, 6.45) is 3.44. The van der Waals surface area contributed by atoms with Crippen LogP contribution >= 0.6 is 0 Å². The first-order valence-electron chi connectivity index (χ1n) is 9.89. The van der Waals surface area contributed by atoms with Crippen molar-refractivity contribution in [2.24, 2.45) is 0 Å². The highest BCUT2D eigenvalue weighted by Crippen LogP contribution is 2.20. The number of benzene rings is 1. The lowest BCUT2D eigenvalue weighted by molar-refractivity contribution is 0.0658. The van der Waals surface area contributed by atoms with E-state index in [4.69, 9.17) is 9.52 Å². The first kappa shape index (κ1) is 21.0. The Morgan fingerprint density at radius 2 is 1.94 bits per heavy atom. The number of carbonyl (C=O) groups is 2. The molecule has 9 nitrogen and oxygen atoms in total. The van der Waals surface area contributed by atoms with Crippen molar-refractivity contribution >= 4 is 11.9 Å². The molecule has 9 heteroatoms. The molecule has 0 spiro atoms. The van der Waals surface area contributed by atoms with Gasteiger partial charge >= 0.3 is 5.97 Å². The van der Waals surface area contributed by atoms with Gasteiger partial charge in [-0.25, -0.2) is 9.48 Å². The van der Waals surface area contributed by atoms with Gasteiger partial charge in [-0.1, -0.05) is 35.5 Å². The zero-order valence-corrected chi connectivity index (χ0v) is 17.6. The molecule has 0 saturated carbocycles. The fraction of sp³-hybridized carbons (Fsp3) is 0.174. The molecule has 1 aromatic carbocycles. The maximum absolute atomic E-state index is 12.8. The molecule has 162 valence electrons. The van der Waals surface area contributed by atoms with Crippen LogP contribution in [0.3, 0.4) is 0 Å². The van der Waals surface area contributed by atoms with Crippen LogP contribution in [0.1, 0.15) is 37.9 Å². The molecule has 0 radical (unpaired) electrons. The molecule has 0 atom stereocenters. The average Bonchev–Trinajstić information content (AvgIpc) is 3.44. The number of aryl methyl sites for hydroxylation is 1. The van der Waals surface area contributed by atoms with Crippen molar-refractivity contribution in [2.45, 2.75) is 20.0 Å². The number of carboxylic acids is 1. The minimum Gasteiger partial charge on any atom is -0.475 e. The van der Waals surface area contributed by atoms with Gasteiger partial charge in [0.2, 0.25) is 5.76 Å². The first-order chi connectivity index (χ1) is 15.4. The Hall–Kier alpha value is -4.27. The van der Waals surface area contributed by atoms with Crippen molar-refractivity contribution in [3.05, 3.63) is 89.3 Å². The van der Waals surface area contributed by atoms with Crippen LogP contribution in [-0.2, 0) is 13.1 Å². The fourth-order valence-corrected chi connectivity index (χ4v) is 3.28. The molecule has 0 unspecified atom stereocenters. The molecule has 0 saturated heterocycles. The lowest BCUT2D eigenvalue weighted by Crippen LogP contribution is -2.27. The van der Waals surface area contributed by atoms with Crippen molar-refractivity contribution in [3.63, 3.8) is 0 Å². The van der Waals surface area contributed by atoms with Crippen LogP contribution in [0.2, 0.25) is 0 Å². The summed E-state index contributed by atoms with van der Waals surface area (Å²) in [7, 11) is 1.61. The van der Waals surface area contributed by atoms with Gasteiger partial charge in [0, 0.05) is 18.8 Å². The molecule has 0 aliphatic carbocycles. The van der Waals surface area contributed by atoms with Gasteiger partial charge in [-0.05, 0) is 36.2 Å². The van der Waals surface area contributed by atoms with E-state index >= 15 is 0 Å². The fourth-order valence-electron chi connectivity index (χ4n) is 3.28. The molecule has 1 amide bonds. The number of aromatic nitrogens is 4. The topological polar surface area (TPSA) is 114 Å². The van der Waals surface area contributed by atoms with E-state index in [-0.39, 0.29) is 18.2 Å². The Balaban J connectivity index is 1.46. The van der Waals surface area contributed by atoms with Crippen molar-refractivity contribution < 1.29 is 19.1 Å². The molecule has 0 bridgehead atoms. The molecule has 32 heavy (non-hydrogen) atoms. The number of carboxylic acid groups (broad SMARTS) is 1. The van der Waals surface area contributed by atoms with Crippen molar-refractivity contribution in [1.29, 1.82) is 0 Å². The Bertz CT molecular complexity index is 1260. The molecule has 1 N–H and O–H groups in total. The monoisotopic (exact) mass is 431 g/mol. The molecule has 4 rings (SSSR count). The number of hydrogen-bond acceptors (Lipinski definition) is 6. The second-order valence-electron chi connectivity index (χ2n) is 7.41. The molecule has 0 aliphatic rings. The van der Waals surface area contributed by atoms with E-state index < -0.39 is 5.97 Å². The predicted molar refractivity (Wildman–Crippen MR) is 115 cm³/mol. The van der Waals surface area contributed by atoms with Crippen LogP contribution in [-0.4, -0.2) is 48.9 Å². The molecule has 3 heterocycles.